The Kier molecular flexibility index (Phi) is 3.35. The highest BCUT2D eigenvalue weighted by Gasteiger charge is 2.28. The summed E-state index contributed by atoms with van der Waals surface area (Å²) < 4.78 is 5.89. The molecule has 0 radical (unpaired) electrons. The van der Waals surface area contributed by atoms with Gasteiger partial charge in [-0.3, -0.25) is 4.79 Å². The second kappa shape index (κ2) is 5.06. The summed E-state index contributed by atoms with van der Waals surface area (Å²) in [5.41, 5.74) is 9.25. The number of aryl methyl sites for hydroxylation is 2. The molecule has 4 nitrogen and oxygen atoms in total. The number of carbonyl (C=O) groups is 1. The van der Waals surface area contributed by atoms with Crippen molar-refractivity contribution in [3.05, 3.63) is 52.0 Å². The van der Waals surface area contributed by atoms with E-state index in [4.69, 9.17) is 22.1 Å². The molecule has 1 unspecified atom stereocenters. The highest BCUT2D eigenvalue weighted by Crippen LogP contribution is 2.40. The fourth-order valence-corrected chi connectivity index (χ4v) is 2.51. The van der Waals surface area contributed by atoms with Gasteiger partial charge in [-0.1, -0.05) is 23.7 Å². The van der Waals surface area contributed by atoms with E-state index in [-0.39, 0.29) is 5.91 Å². The Labute approximate surface area is 127 Å². The molecule has 0 aliphatic carbocycles. The van der Waals surface area contributed by atoms with Crippen molar-refractivity contribution in [3.8, 4) is 11.5 Å². The summed E-state index contributed by atoms with van der Waals surface area (Å²) in [5.74, 6) is 1.01. The number of hydrogen-bond acceptors (Lipinski definition) is 3. The van der Waals surface area contributed by atoms with Gasteiger partial charge in [-0.15, -0.1) is 0 Å². The third kappa shape index (κ3) is 2.48. The quantitative estimate of drug-likeness (QED) is 0.889. The minimum absolute atomic E-state index is 0.232. The number of carbonyl (C=O) groups excluding carboxylic acids is 1. The molecule has 3 N–H and O–H groups in total. The van der Waals surface area contributed by atoms with Crippen molar-refractivity contribution in [1.82, 2.24) is 0 Å². The molecule has 1 atom stereocenters. The van der Waals surface area contributed by atoms with E-state index < -0.39 is 6.04 Å². The van der Waals surface area contributed by atoms with Crippen LogP contribution in [0.3, 0.4) is 0 Å². The number of ether oxygens (including phenoxy) is 1. The zero-order chi connectivity index (χ0) is 15.1. The van der Waals surface area contributed by atoms with Crippen LogP contribution in [0, 0.1) is 13.8 Å². The zero-order valence-corrected chi connectivity index (χ0v) is 12.5. The highest BCUT2D eigenvalue weighted by molar-refractivity contribution is 6.32. The second-order valence-corrected chi connectivity index (χ2v) is 5.62. The van der Waals surface area contributed by atoms with E-state index in [9.17, 15) is 4.79 Å². The molecule has 2 aromatic carbocycles. The third-order valence-electron chi connectivity index (χ3n) is 3.54. The van der Waals surface area contributed by atoms with Crippen molar-refractivity contribution in [3.63, 3.8) is 0 Å². The largest absolute Gasteiger partial charge is 0.455 e. The van der Waals surface area contributed by atoms with Crippen molar-refractivity contribution in [2.24, 2.45) is 5.73 Å². The fourth-order valence-electron chi connectivity index (χ4n) is 2.30. The van der Waals surface area contributed by atoms with Gasteiger partial charge in [0.25, 0.3) is 0 Å². The Morgan fingerprint density at radius 1 is 1.19 bits per heavy atom. The monoisotopic (exact) mass is 302 g/mol. The molecule has 1 amide bonds. The SMILES string of the molecule is Cc1ccc(C)c(Oc2cc3c(cc2Cl)C(N)C(=O)N3)c1. The summed E-state index contributed by atoms with van der Waals surface area (Å²) in [5, 5.41) is 3.16. The van der Waals surface area contributed by atoms with Crippen LogP contribution in [-0.2, 0) is 4.79 Å². The second-order valence-electron chi connectivity index (χ2n) is 5.21. The first-order valence-corrected chi connectivity index (χ1v) is 6.98. The average molecular weight is 303 g/mol. The van der Waals surface area contributed by atoms with Gasteiger partial charge in [0.1, 0.15) is 17.5 Å². The van der Waals surface area contributed by atoms with E-state index >= 15 is 0 Å². The summed E-state index contributed by atoms with van der Waals surface area (Å²) in [7, 11) is 0. The first-order valence-electron chi connectivity index (χ1n) is 6.60. The summed E-state index contributed by atoms with van der Waals surface area (Å²) in [6.45, 7) is 3.96. The van der Waals surface area contributed by atoms with Gasteiger partial charge in [-0.2, -0.15) is 0 Å². The van der Waals surface area contributed by atoms with Crippen molar-refractivity contribution >= 4 is 23.2 Å². The zero-order valence-electron chi connectivity index (χ0n) is 11.7. The molecule has 5 heteroatoms. The van der Waals surface area contributed by atoms with Crippen LogP contribution in [0.5, 0.6) is 11.5 Å². The molecule has 2 aromatic rings. The van der Waals surface area contributed by atoms with Crippen LogP contribution < -0.4 is 15.8 Å². The molecule has 0 fully saturated rings. The molecule has 0 spiro atoms. The van der Waals surface area contributed by atoms with Crippen molar-refractivity contribution < 1.29 is 9.53 Å². The molecular weight excluding hydrogens is 288 g/mol. The molecule has 0 aromatic heterocycles. The standard InChI is InChI=1S/C16H15ClN2O2/c1-8-3-4-9(2)13(5-8)21-14-7-12-10(6-11(14)17)15(18)16(20)19-12/h3-7,15H,18H2,1-2H3,(H,19,20). The average Bonchev–Trinajstić information content (AvgIpc) is 2.70. The lowest BCUT2D eigenvalue weighted by molar-refractivity contribution is -0.116. The van der Waals surface area contributed by atoms with Gasteiger partial charge in [-0.25, -0.2) is 0 Å². The normalized spacial score (nSPS) is 16.6. The number of hydrogen-bond donors (Lipinski definition) is 2. The highest BCUT2D eigenvalue weighted by atomic mass is 35.5. The third-order valence-corrected chi connectivity index (χ3v) is 3.84. The molecule has 1 aliphatic rings. The lowest BCUT2D eigenvalue weighted by Gasteiger charge is -2.12. The first-order chi connectivity index (χ1) is 9.95. The van der Waals surface area contributed by atoms with Gasteiger partial charge in [-0.05, 0) is 37.1 Å². The maximum Gasteiger partial charge on any atom is 0.245 e. The first kappa shape index (κ1) is 13.9. The lowest BCUT2D eigenvalue weighted by Crippen LogP contribution is -2.19. The minimum atomic E-state index is -0.674. The number of fused-ring (bicyclic) bond motifs is 1. The molecule has 1 heterocycles. The van der Waals surface area contributed by atoms with Crippen LogP contribution in [0.15, 0.2) is 30.3 Å². The van der Waals surface area contributed by atoms with Gasteiger partial charge in [0, 0.05) is 17.3 Å². The van der Waals surface area contributed by atoms with Crippen LogP contribution in [0.25, 0.3) is 0 Å². The molecule has 0 bridgehead atoms. The number of nitrogens with two attached hydrogens (primary N) is 1. The van der Waals surface area contributed by atoms with Gasteiger partial charge in [0.2, 0.25) is 5.91 Å². The van der Waals surface area contributed by atoms with E-state index in [0.717, 1.165) is 16.9 Å². The van der Waals surface area contributed by atoms with Gasteiger partial charge in [0.15, 0.2) is 0 Å². The minimum Gasteiger partial charge on any atom is -0.455 e. The van der Waals surface area contributed by atoms with Crippen LogP contribution in [-0.4, -0.2) is 5.91 Å². The summed E-state index contributed by atoms with van der Waals surface area (Å²) in [6.07, 6.45) is 0. The molecule has 0 saturated carbocycles. The van der Waals surface area contributed by atoms with Crippen molar-refractivity contribution in [1.29, 1.82) is 0 Å². The van der Waals surface area contributed by atoms with Gasteiger partial charge in [0.05, 0.1) is 5.02 Å². The van der Waals surface area contributed by atoms with Crippen LogP contribution in [0.1, 0.15) is 22.7 Å². The van der Waals surface area contributed by atoms with Gasteiger partial charge >= 0.3 is 0 Å². The van der Waals surface area contributed by atoms with E-state index in [1.165, 1.54) is 0 Å². The Hall–Kier alpha value is -2.04. The molecular formula is C16H15ClN2O2. The van der Waals surface area contributed by atoms with Crippen LogP contribution in [0.2, 0.25) is 5.02 Å². The number of benzene rings is 2. The molecule has 21 heavy (non-hydrogen) atoms. The molecule has 0 saturated heterocycles. The number of amides is 1. The Morgan fingerprint density at radius 2 is 1.95 bits per heavy atom. The number of anilines is 1. The smallest absolute Gasteiger partial charge is 0.245 e. The summed E-state index contributed by atoms with van der Waals surface area (Å²) in [6, 6.07) is 8.68. The van der Waals surface area contributed by atoms with E-state index in [1.807, 2.05) is 32.0 Å². The lowest BCUT2D eigenvalue weighted by atomic mass is 10.1. The topological polar surface area (TPSA) is 64.3 Å². The number of halogens is 1. The Morgan fingerprint density at radius 3 is 2.71 bits per heavy atom. The maximum atomic E-state index is 11.6. The number of nitrogens with one attached hydrogen (secondary N) is 1. The summed E-state index contributed by atoms with van der Waals surface area (Å²) >= 11 is 6.24. The molecule has 1 aliphatic heterocycles. The van der Waals surface area contributed by atoms with Gasteiger partial charge < -0.3 is 15.8 Å². The molecule has 108 valence electrons. The van der Waals surface area contributed by atoms with E-state index in [0.29, 0.717) is 22.0 Å². The number of rotatable bonds is 2. The van der Waals surface area contributed by atoms with E-state index in [1.54, 1.807) is 12.1 Å². The van der Waals surface area contributed by atoms with Crippen molar-refractivity contribution in [2.45, 2.75) is 19.9 Å². The van der Waals surface area contributed by atoms with E-state index in [2.05, 4.69) is 5.32 Å². The predicted molar refractivity (Wildman–Crippen MR) is 83.0 cm³/mol. The Balaban J connectivity index is 1.99. The van der Waals surface area contributed by atoms with Crippen molar-refractivity contribution in [2.75, 3.05) is 5.32 Å². The summed E-state index contributed by atoms with van der Waals surface area (Å²) in [4.78, 5) is 11.6. The van der Waals surface area contributed by atoms with Crippen LogP contribution >= 0.6 is 11.6 Å². The van der Waals surface area contributed by atoms with Crippen LogP contribution in [0.4, 0.5) is 5.69 Å². The Bertz CT molecular complexity index is 743. The fraction of sp³-hybridized carbons (Fsp3) is 0.188. The molecule has 3 rings (SSSR count). The predicted octanol–water partition coefficient (Wildman–Crippen LogP) is 3.70. The maximum absolute atomic E-state index is 11.6.